The molecule has 0 atom stereocenters. The minimum Gasteiger partial charge on any atom is -0.469 e. The zero-order valence-corrected chi connectivity index (χ0v) is 14.2. The molecule has 1 aliphatic rings. The SMILES string of the molecule is COC(=O)CCc1c[nH]c(C=C2C(=O)Nc3ncc([N+](=O)[O-])cc32)c1C. The van der Waals surface area contributed by atoms with Crippen molar-refractivity contribution >= 4 is 35.0 Å². The molecule has 3 heterocycles. The number of fused-ring (bicyclic) bond motifs is 1. The van der Waals surface area contributed by atoms with Gasteiger partial charge in [0.25, 0.3) is 11.6 Å². The maximum Gasteiger partial charge on any atom is 0.305 e. The maximum atomic E-state index is 12.2. The first-order valence-electron chi connectivity index (χ1n) is 7.82. The number of pyridine rings is 1. The number of carbonyl (C=O) groups excluding carboxylic acids is 2. The van der Waals surface area contributed by atoms with Crippen molar-refractivity contribution in [3.63, 3.8) is 0 Å². The molecule has 2 aromatic rings. The molecule has 0 bridgehead atoms. The van der Waals surface area contributed by atoms with Crippen LogP contribution in [0.25, 0.3) is 11.6 Å². The third-order valence-corrected chi connectivity index (χ3v) is 4.25. The van der Waals surface area contributed by atoms with Crippen molar-refractivity contribution in [2.24, 2.45) is 0 Å². The molecule has 0 saturated heterocycles. The van der Waals surface area contributed by atoms with E-state index in [1.807, 2.05) is 6.92 Å². The Morgan fingerprint density at radius 3 is 2.92 bits per heavy atom. The minimum absolute atomic E-state index is 0.187. The largest absolute Gasteiger partial charge is 0.469 e. The first-order valence-corrected chi connectivity index (χ1v) is 7.82. The topological polar surface area (TPSA) is 127 Å². The standard InChI is InChI=1S/C17H16N4O5/c1-9-10(3-4-15(22)26-2)7-18-14(9)6-13-12-5-11(21(24)25)8-19-16(12)20-17(13)23/h5-8,18H,3-4H2,1-2H3,(H,19,20,23). The molecule has 2 N–H and O–H groups in total. The number of aryl methyl sites for hydroxylation is 1. The van der Waals surface area contributed by atoms with E-state index in [1.54, 1.807) is 12.3 Å². The number of aromatic amines is 1. The van der Waals surface area contributed by atoms with Crippen molar-refractivity contribution < 1.29 is 19.2 Å². The van der Waals surface area contributed by atoms with Gasteiger partial charge >= 0.3 is 5.97 Å². The van der Waals surface area contributed by atoms with Gasteiger partial charge in [-0.2, -0.15) is 0 Å². The molecule has 0 aromatic carbocycles. The molecule has 2 aromatic heterocycles. The lowest BCUT2D eigenvalue weighted by molar-refractivity contribution is -0.385. The number of hydrogen-bond acceptors (Lipinski definition) is 6. The molecule has 0 fully saturated rings. The highest BCUT2D eigenvalue weighted by Gasteiger charge is 2.28. The maximum absolute atomic E-state index is 12.2. The van der Waals surface area contributed by atoms with Crippen LogP contribution in [0.1, 0.15) is 28.8 Å². The van der Waals surface area contributed by atoms with Crippen molar-refractivity contribution in [3.8, 4) is 0 Å². The third-order valence-electron chi connectivity index (χ3n) is 4.25. The predicted molar refractivity (Wildman–Crippen MR) is 93.3 cm³/mol. The molecule has 134 valence electrons. The third kappa shape index (κ3) is 3.18. The van der Waals surface area contributed by atoms with E-state index >= 15 is 0 Å². The number of H-pyrrole nitrogens is 1. The molecule has 9 nitrogen and oxygen atoms in total. The fourth-order valence-corrected chi connectivity index (χ4v) is 2.75. The van der Waals surface area contributed by atoms with Crippen LogP contribution in [-0.2, 0) is 20.7 Å². The van der Waals surface area contributed by atoms with Crippen molar-refractivity contribution in [1.29, 1.82) is 0 Å². The van der Waals surface area contributed by atoms with E-state index in [9.17, 15) is 19.7 Å². The Bertz CT molecular complexity index is 945. The van der Waals surface area contributed by atoms with Gasteiger partial charge in [-0.1, -0.05) is 0 Å². The fourth-order valence-electron chi connectivity index (χ4n) is 2.75. The van der Waals surface area contributed by atoms with Gasteiger partial charge in [0.15, 0.2) is 0 Å². The second-order valence-electron chi connectivity index (χ2n) is 5.79. The number of amides is 1. The second kappa shape index (κ2) is 6.79. The zero-order valence-electron chi connectivity index (χ0n) is 14.2. The summed E-state index contributed by atoms with van der Waals surface area (Å²) in [6, 6.07) is 1.32. The number of nitrogens with one attached hydrogen (secondary N) is 2. The Balaban J connectivity index is 1.93. The molecule has 26 heavy (non-hydrogen) atoms. The number of nitro groups is 1. The summed E-state index contributed by atoms with van der Waals surface area (Å²) in [5.74, 6) is -0.381. The molecule has 0 unspecified atom stereocenters. The smallest absolute Gasteiger partial charge is 0.305 e. The number of ether oxygens (including phenoxy) is 1. The second-order valence-corrected chi connectivity index (χ2v) is 5.79. The molecule has 1 aliphatic heterocycles. The molecular formula is C17H16N4O5. The summed E-state index contributed by atoms with van der Waals surface area (Å²) >= 11 is 0. The average Bonchev–Trinajstić information content (AvgIpc) is 3.12. The van der Waals surface area contributed by atoms with Crippen LogP contribution in [0.15, 0.2) is 18.5 Å². The number of anilines is 1. The van der Waals surface area contributed by atoms with Crippen molar-refractivity contribution in [2.75, 3.05) is 12.4 Å². The van der Waals surface area contributed by atoms with E-state index in [0.717, 1.165) is 17.3 Å². The van der Waals surface area contributed by atoms with E-state index in [0.29, 0.717) is 29.1 Å². The summed E-state index contributed by atoms with van der Waals surface area (Å²) in [7, 11) is 1.34. The molecular weight excluding hydrogens is 340 g/mol. The van der Waals surface area contributed by atoms with Gasteiger partial charge in [0.1, 0.15) is 12.0 Å². The molecule has 1 amide bonds. The summed E-state index contributed by atoms with van der Waals surface area (Å²) in [5.41, 5.74) is 3.00. The van der Waals surface area contributed by atoms with Crippen LogP contribution in [0.5, 0.6) is 0 Å². The van der Waals surface area contributed by atoms with E-state index in [4.69, 9.17) is 0 Å². The zero-order chi connectivity index (χ0) is 18.8. The van der Waals surface area contributed by atoms with Gasteiger partial charge < -0.3 is 15.0 Å². The number of nitrogens with zero attached hydrogens (tertiary/aromatic N) is 2. The molecule has 0 saturated carbocycles. The first kappa shape index (κ1) is 17.3. The van der Waals surface area contributed by atoms with Gasteiger partial charge in [-0.15, -0.1) is 0 Å². The van der Waals surface area contributed by atoms with Crippen LogP contribution in [0.3, 0.4) is 0 Å². The summed E-state index contributed by atoms with van der Waals surface area (Å²) < 4.78 is 4.63. The Kier molecular flexibility index (Phi) is 4.53. The Morgan fingerprint density at radius 1 is 1.46 bits per heavy atom. The van der Waals surface area contributed by atoms with Crippen LogP contribution in [-0.4, -0.2) is 33.9 Å². The van der Waals surface area contributed by atoms with Gasteiger partial charge in [-0.3, -0.25) is 19.7 Å². The summed E-state index contributed by atoms with van der Waals surface area (Å²) in [6.45, 7) is 1.87. The van der Waals surface area contributed by atoms with Crippen LogP contribution >= 0.6 is 0 Å². The number of methoxy groups -OCH3 is 1. The normalized spacial score (nSPS) is 14.2. The van der Waals surface area contributed by atoms with E-state index < -0.39 is 4.92 Å². The number of aromatic nitrogens is 2. The summed E-state index contributed by atoms with van der Waals surface area (Å²) in [6.07, 6.45) is 5.26. The van der Waals surface area contributed by atoms with Gasteiger partial charge in [-0.05, 0) is 30.5 Å². The monoisotopic (exact) mass is 356 g/mol. The predicted octanol–water partition coefficient (Wildman–Crippen LogP) is 2.22. The fraction of sp³-hybridized carbons (Fsp3) is 0.235. The molecule has 0 radical (unpaired) electrons. The minimum atomic E-state index is -0.557. The van der Waals surface area contributed by atoms with Gasteiger partial charge in [0, 0.05) is 29.9 Å². The average molecular weight is 356 g/mol. The lowest BCUT2D eigenvalue weighted by Gasteiger charge is -2.01. The van der Waals surface area contributed by atoms with E-state index in [1.165, 1.54) is 13.2 Å². The van der Waals surface area contributed by atoms with Gasteiger partial charge in [0.2, 0.25) is 0 Å². The Morgan fingerprint density at radius 2 is 2.23 bits per heavy atom. The Hall–Kier alpha value is -3.49. The van der Waals surface area contributed by atoms with Crippen LogP contribution in [0.4, 0.5) is 11.5 Å². The summed E-state index contributed by atoms with van der Waals surface area (Å²) in [5, 5.41) is 13.5. The number of rotatable bonds is 5. The molecule has 9 heteroatoms. The van der Waals surface area contributed by atoms with Crippen molar-refractivity contribution in [3.05, 3.63) is 51.0 Å². The highest BCUT2D eigenvalue weighted by molar-refractivity contribution is 6.34. The van der Waals surface area contributed by atoms with Crippen LogP contribution in [0.2, 0.25) is 0 Å². The van der Waals surface area contributed by atoms with E-state index in [-0.39, 0.29) is 24.0 Å². The highest BCUT2D eigenvalue weighted by atomic mass is 16.6. The Labute approximate surface area is 148 Å². The van der Waals surface area contributed by atoms with Crippen molar-refractivity contribution in [1.82, 2.24) is 9.97 Å². The van der Waals surface area contributed by atoms with Crippen molar-refractivity contribution in [2.45, 2.75) is 19.8 Å². The summed E-state index contributed by atoms with van der Waals surface area (Å²) in [4.78, 5) is 40.9. The number of hydrogen-bond donors (Lipinski definition) is 2. The number of esters is 1. The molecule has 0 spiro atoms. The lowest BCUT2D eigenvalue weighted by atomic mass is 10.0. The first-order chi connectivity index (χ1) is 12.4. The molecule has 0 aliphatic carbocycles. The van der Waals surface area contributed by atoms with Gasteiger partial charge in [-0.25, -0.2) is 4.98 Å². The van der Waals surface area contributed by atoms with Crippen LogP contribution < -0.4 is 5.32 Å². The lowest BCUT2D eigenvalue weighted by Crippen LogP contribution is -2.04. The van der Waals surface area contributed by atoms with Gasteiger partial charge in [0.05, 0.1) is 17.6 Å². The number of carbonyl (C=O) groups is 2. The van der Waals surface area contributed by atoms with E-state index in [2.05, 4.69) is 20.0 Å². The van der Waals surface area contributed by atoms with Crippen LogP contribution in [0, 0.1) is 17.0 Å². The quantitative estimate of drug-likeness (QED) is 0.366. The highest BCUT2D eigenvalue weighted by Crippen LogP contribution is 2.34. The molecule has 3 rings (SSSR count).